The summed E-state index contributed by atoms with van der Waals surface area (Å²) in [6, 6.07) is 0. The molecule has 3 aliphatic rings. The van der Waals surface area contributed by atoms with Crippen LogP contribution in [-0.2, 0) is 0 Å². The molecule has 13 heavy (non-hydrogen) atoms. The average molecular weight is 179 g/mol. The van der Waals surface area contributed by atoms with Gasteiger partial charge in [0.05, 0.1) is 0 Å². The van der Waals surface area contributed by atoms with Gasteiger partial charge in [-0.25, -0.2) is 0 Å². The average Bonchev–Trinajstić information content (AvgIpc) is 2.76. The van der Waals surface area contributed by atoms with E-state index in [-0.39, 0.29) is 0 Å². The van der Waals surface area contributed by atoms with E-state index < -0.39 is 0 Å². The fraction of sp³-hybridized carbons (Fsp3) is 1.00. The van der Waals surface area contributed by atoms with Crippen LogP contribution in [0.25, 0.3) is 0 Å². The van der Waals surface area contributed by atoms with E-state index in [0.29, 0.717) is 5.54 Å². The summed E-state index contributed by atoms with van der Waals surface area (Å²) in [4.78, 5) is 0. The summed E-state index contributed by atoms with van der Waals surface area (Å²) < 4.78 is 0. The molecule has 0 spiro atoms. The molecule has 1 nitrogen and oxygen atoms in total. The third-order valence-electron chi connectivity index (χ3n) is 4.88. The lowest BCUT2D eigenvalue weighted by atomic mass is 9.82. The minimum Gasteiger partial charge on any atom is -0.325 e. The normalized spacial score (nSPS) is 47.3. The minimum atomic E-state index is 0.317. The van der Waals surface area contributed by atoms with E-state index >= 15 is 0 Å². The maximum atomic E-state index is 6.31. The summed E-state index contributed by atoms with van der Waals surface area (Å²) in [6.07, 6.45) is 11.6. The summed E-state index contributed by atoms with van der Waals surface area (Å²) >= 11 is 0. The molecule has 0 heterocycles. The highest BCUT2D eigenvalue weighted by molar-refractivity contribution is 5.07. The van der Waals surface area contributed by atoms with Gasteiger partial charge in [-0.3, -0.25) is 0 Å². The first-order chi connectivity index (χ1) is 6.28. The highest BCUT2D eigenvalue weighted by atomic mass is 14.8. The first-order valence-corrected chi connectivity index (χ1v) is 6.07. The maximum Gasteiger partial charge on any atom is 0.0184 e. The van der Waals surface area contributed by atoms with E-state index in [4.69, 9.17) is 5.73 Å². The molecule has 2 atom stereocenters. The summed E-state index contributed by atoms with van der Waals surface area (Å²) in [5.41, 5.74) is 6.62. The molecular weight excluding hydrogens is 158 g/mol. The number of fused-ring (bicyclic) bond motifs is 1. The second-order valence-corrected chi connectivity index (χ2v) is 5.71. The zero-order valence-electron chi connectivity index (χ0n) is 8.47. The number of hydrogen-bond acceptors (Lipinski definition) is 1. The standard InChI is InChI=1S/C12H21N/c13-12(5-6-12)11-7-9-3-1-2-4-10(9)8-11/h9-11H,1-8,13H2. The van der Waals surface area contributed by atoms with E-state index in [9.17, 15) is 0 Å². The van der Waals surface area contributed by atoms with Crippen LogP contribution in [0.3, 0.4) is 0 Å². The Kier molecular flexibility index (Phi) is 1.74. The van der Waals surface area contributed by atoms with Crippen molar-refractivity contribution >= 4 is 0 Å². The lowest BCUT2D eigenvalue weighted by molar-refractivity contribution is 0.277. The number of rotatable bonds is 1. The largest absolute Gasteiger partial charge is 0.325 e. The Balaban J connectivity index is 1.69. The summed E-state index contributed by atoms with van der Waals surface area (Å²) in [5, 5.41) is 0. The Hall–Kier alpha value is -0.0400. The first-order valence-electron chi connectivity index (χ1n) is 6.07. The molecule has 0 bridgehead atoms. The van der Waals surface area contributed by atoms with Gasteiger partial charge in [-0.2, -0.15) is 0 Å². The van der Waals surface area contributed by atoms with Crippen LogP contribution in [0.4, 0.5) is 0 Å². The van der Waals surface area contributed by atoms with Crippen LogP contribution < -0.4 is 5.73 Å². The van der Waals surface area contributed by atoms with Gasteiger partial charge in [-0.05, 0) is 43.4 Å². The molecule has 0 aromatic rings. The lowest BCUT2D eigenvalue weighted by Gasteiger charge is -2.24. The van der Waals surface area contributed by atoms with Gasteiger partial charge in [0.1, 0.15) is 0 Å². The predicted molar refractivity (Wildman–Crippen MR) is 54.3 cm³/mol. The third-order valence-corrected chi connectivity index (χ3v) is 4.88. The van der Waals surface area contributed by atoms with Gasteiger partial charge in [0.2, 0.25) is 0 Å². The molecule has 0 radical (unpaired) electrons. The second kappa shape index (κ2) is 2.73. The van der Waals surface area contributed by atoms with Crippen molar-refractivity contribution < 1.29 is 0 Å². The summed E-state index contributed by atoms with van der Waals surface area (Å²) in [6.45, 7) is 0. The topological polar surface area (TPSA) is 26.0 Å². The van der Waals surface area contributed by atoms with Crippen LogP contribution in [0.1, 0.15) is 51.4 Å². The first kappa shape index (κ1) is 8.28. The molecular formula is C12H21N. The molecule has 0 amide bonds. The SMILES string of the molecule is NC1(C2CC3CCCCC3C2)CC1. The van der Waals surface area contributed by atoms with Gasteiger partial charge >= 0.3 is 0 Å². The molecule has 0 aromatic heterocycles. The Morgan fingerprint density at radius 1 is 0.923 bits per heavy atom. The van der Waals surface area contributed by atoms with Crippen molar-refractivity contribution in [2.24, 2.45) is 23.5 Å². The van der Waals surface area contributed by atoms with E-state index in [2.05, 4.69) is 0 Å². The Labute approximate surface area is 81.1 Å². The fourth-order valence-electron chi connectivity index (χ4n) is 3.75. The number of hydrogen-bond donors (Lipinski definition) is 1. The zero-order valence-corrected chi connectivity index (χ0v) is 8.47. The van der Waals surface area contributed by atoms with Crippen LogP contribution in [0.2, 0.25) is 0 Å². The molecule has 1 heteroatoms. The van der Waals surface area contributed by atoms with Crippen molar-refractivity contribution in [3.05, 3.63) is 0 Å². The van der Waals surface area contributed by atoms with Crippen molar-refractivity contribution in [1.29, 1.82) is 0 Å². The van der Waals surface area contributed by atoms with Gasteiger partial charge in [-0.1, -0.05) is 25.7 Å². The fourth-order valence-corrected chi connectivity index (χ4v) is 3.75. The quantitative estimate of drug-likeness (QED) is 0.658. The van der Waals surface area contributed by atoms with Gasteiger partial charge < -0.3 is 5.73 Å². The molecule has 3 fully saturated rings. The minimum absolute atomic E-state index is 0.317. The van der Waals surface area contributed by atoms with Crippen molar-refractivity contribution in [3.8, 4) is 0 Å². The van der Waals surface area contributed by atoms with Crippen molar-refractivity contribution in [2.75, 3.05) is 0 Å². The zero-order chi connectivity index (χ0) is 8.89. The van der Waals surface area contributed by atoms with Crippen LogP contribution in [0.5, 0.6) is 0 Å². The van der Waals surface area contributed by atoms with Crippen LogP contribution in [0.15, 0.2) is 0 Å². The molecule has 3 rings (SSSR count). The van der Waals surface area contributed by atoms with Crippen LogP contribution in [-0.4, -0.2) is 5.54 Å². The van der Waals surface area contributed by atoms with Crippen molar-refractivity contribution in [1.82, 2.24) is 0 Å². The van der Waals surface area contributed by atoms with Gasteiger partial charge in [0.25, 0.3) is 0 Å². The van der Waals surface area contributed by atoms with Crippen LogP contribution in [0, 0.1) is 17.8 Å². The smallest absolute Gasteiger partial charge is 0.0184 e. The van der Waals surface area contributed by atoms with E-state index in [1.807, 2.05) is 0 Å². The third kappa shape index (κ3) is 1.32. The van der Waals surface area contributed by atoms with Crippen molar-refractivity contribution in [2.45, 2.75) is 56.9 Å². The molecule has 2 unspecified atom stereocenters. The van der Waals surface area contributed by atoms with E-state index in [1.54, 1.807) is 0 Å². The monoisotopic (exact) mass is 179 g/mol. The molecule has 74 valence electrons. The van der Waals surface area contributed by atoms with E-state index in [1.165, 1.54) is 51.4 Å². The van der Waals surface area contributed by atoms with E-state index in [0.717, 1.165) is 17.8 Å². The Morgan fingerprint density at radius 2 is 1.46 bits per heavy atom. The molecule has 0 aromatic carbocycles. The predicted octanol–water partition coefficient (Wildman–Crippen LogP) is 2.69. The highest BCUT2D eigenvalue weighted by Crippen LogP contribution is 2.54. The molecule has 0 saturated heterocycles. The highest BCUT2D eigenvalue weighted by Gasteiger charge is 2.50. The summed E-state index contributed by atoms with van der Waals surface area (Å²) in [5.74, 6) is 3.04. The van der Waals surface area contributed by atoms with Gasteiger partial charge in [-0.15, -0.1) is 0 Å². The van der Waals surface area contributed by atoms with Crippen LogP contribution >= 0.6 is 0 Å². The van der Waals surface area contributed by atoms with Crippen molar-refractivity contribution in [3.63, 3.8) is 0 Å². The molecule has 0 aliphatic heterocycles. The van der Waals surface area contributed by atoms with Gasteiger partial charge in [0, 0.05) is 5.54 Å². The lowest BCUT2D eigenvalue weighted by Crippen LogP contribution is -2.30. The Bertz CT molecular complexity index is 193. The second-order valence-electron chi connectivity index (χ2n) is 5.71. The number of nitrogens with two attached hydrogens (primary N) is 1. The maximum absolute atomic E-state index is 6.31. The Morgan fingerprint density at radius 3 is 1.92 bits per heavy atom. The molecule has 3 aliphatic carbocycles. The summed E-state index contributed by atoms with van der Waals surface area (Å²) in [7, 11) is 0. The molecule has 3 saturated carbocycles. The molecule has 2 N–H and O–H groups in total. The van der Waals surface area contributed by atoms with Gasteiger partial charge in [0.15, 0.2) is 0 Å².